The minimum atomic E-state index is -0.394. The zero-order valence-corrected chi connectivity index (χ0v) is 9.71. The Morgan fingerprint density at radius 3 is 2.88 bits per heavy atom. The number of carbonyl (C=O) groups is 2. The summed E-state index contributed by atoms with van der Waals surface area (Å²) in [6.07, 6.45) is 5.38. The summed E-state index contributed by atoms with van der Waals surface area (Å²) in [6.45, 7) is 2.11. The molecule has 0 aromatic heterocycles. The van der Waals surface area contributed by atoms with E-state index in [2.05, 4.69) is 22.3 Å². The van der Waals surface area contributed by atoms with E-state index >= 15 is 0 Å². The summed E-state index contributed by atoms with van der Waals surface area (Å²) in [5.41, 5.74) is 0.484. The van der Waals surface area contributed by atoms with Gasteiger partial charge >= 0.3 is 12.0 Å². The van der Waals surface area contributed by atoms with Gasteiger partial charge in [-0.3, -0.25) is 0 Å². The zero-order valence-electron chi connectivity index (χ0n) is 9.71. The van der Waals surface area contributed by atoms with E-state index in [0.29, 0.717) is 5.57 Å². The van der Waals surface area contributed by atoms with Gasteiger partial charge in [0.15, 0.2) is 0 Å². The van der Waals surface area contributed by atoms with Crippen LogP contribution in [0.3, 0.4) is 0 Å². The Morgan fingerprint density at radius 2 is 2.25 bits per heavy atom. The van der Waals surface area contributed by atoms with Gasteiger partial charge in [0.1, 0.15) is 0 Å². The van der Waals surface area contributed by atoms with Crippen LogP contribution in [0.4, 0.5) is 4.79 Å². The molecule has 1 unspecified atom stereocenters. The van der Waals surface area contributed by atoms with Crippen molar-refractivity contribution in [3.8, 4) is 0 Å². The highest BCUT2D eigenvalue weighted by atomic mass is 16.5. The zero-order chi connectivity index (χ0) is 12.0. The number of urea groups is 1. The fourth-order valence-corrected chi connectivity index (χ4v) is 1.67. The minimum Gasteiger partial charge on any atom is -0.466 e. The van der Waals surface area contributed by atoms with Crippen LogP contribution < -0.4 is 10.6 Å². The van der Waals surface area contributed by atoms with Crippen molar-refractivity contribution in [1.82, 2.24) is 10.6 Å². The van der Waals surface area contributed by atoms with Crippen LogP contribution in [-0.2, 0) is 9.53 Å². The van der Waals surface area contributed by atoms with Crippen molar-refractivity contribution >= 4 is 12.0 Å². The van der Waals surface area contributed by atoms with Crippen molar-refractivity contribution in [2.45, 2.75) is 38.6 Å². The van der Waals surface area contributed by atoms with Gasteiger partial charge < -0.3 is 15.4 Å². The Kier molecular flexibility index (Phi) is 4.82. The Morgan fingerprint density at radius 1 is 1.50 bits per heavy atom. The quantitative estimate of drug-likeness (QED) is 0.548. The first-order valence-electron chi connectivity index (χ1n) is 5.54. The maximum Gasteiger partial charge on any atom is 0.337 e. The van der Waals surface area contributed by atoms with Crippen molar-refractivity contribution < 1.29 is 14.3 Å². The van der Waals surface area contributed by atoms with Gasteiger partial charge in [0.2, 0.25) is 0 Å². The van der Waals surface area contributed by atoms with Gasteiger partial charge in [0.25, 0.3) is 0 Å². The third-order valence-corrected chi connectivity index (χ3v) is 2.56. The molecule has 0 saturated heterocycles. The Bertz CT molecular complexity index is 300. The van der Waals surface area contributed by atoms with Crippen LogP contribution >= 0.6 is 0 Å². The molecule has 5 nitrogen and oxygen atoms in total. The standard InChI is InChI=1S/C11H18N2O3/c1-3-4-5-6-9-8(10(14)16-2)7-12-11(15)13-9/h7,9H,3-6H2,1-2H3,(H2,12,13,15). The van der Waals surface area contributed by atoms with Gasteiger partial charge in [-0.1, -0.05) is 26.2 Å². The molecule has 2 N–H and O–H groups in total. The van der Waals surface area contributed by atoms with Crippen LogP contribution in [0.2, 0.25) is 0 Å². The number of carbonyl (C=O) groups excluding carboxylic acids is 2. The number of amides is 2. The molecule has 1 aliphatic heterocycles. The van der Waals surface area contributed by atoms with E-state index < -0.39 is 5.97 Å². The highest BCUT2D eigenvalue weighted by Crippen LogP contribution is 2.14. The van der Waals surface area contributed by atoms with Crippen molar-refractivity contribution in [2.75, 3.05) is 7.11 Å². The van der Waals surface area contributed by atoms with Crippen LogP contribution in [0.15, 0.2) is 11.8 Å². The third kappa shape index (κ3) is 3.25. The molecule has 0 aromatic carbocycles. The van der Waals surface area contributed by atoms with Crippen molar-refractivity contribution in [2.24, 2.45) is 0 Å². The SMILES string of the molecule is CCCCCC1NC(=O)NC=C1C(=O)OC. The number of ether oxygens (including phenoxy) is 1. The lowest BCUT2D eigenvalue weighted by Crippen LogP contribution is -2.47. The second kappa shape index (κ2) is 6.15. The monoisotopic (exact) mass is 226 g/mol. The average molecular weight is 226 g/mol. The van der Waals surface area contributed by atoms with Gasteiger partial charge in [-0.2, -0.15) is 0 Å². The van der Waals surface area contributed by atoms with Gasteiger partial charge in [-0.25, -0.2) is 9.59 Å². The van der Waals surface area contributed by atoms with E-state index in [1.54, 1.807) is 0 Å². The first-order valence-corrected chi connectivity index (χ1v) is 5.54. The summed E-state index contributed by atoms with van der Waals surface area (Å²) in [5.74, 6) is -0.394. The molecule has 0 saturated carbocycles. The Hall–Kier alpha value is -1.52. The second-order valence-electron chi connectivity index (χ2n) is 3.76. The molecule has 1 heterocycles. The first kappa shape index (κ1) is 12.5. The minimum absolute atomic E-state index is 0.229. The first-order chi connectivity index (χ1) is 7.69. The van der Waals surface area contributed by atoms with Crippen LogP contribution in [0, 0.1) is 0 Å². The van der Waals surface area contributed by atoms with Crippen molar-refractivity contribution in [3.05, 3.63) is 11.8 Å². The van der Waals surface area contributed by atoms with E-state index in [0.717, 1.165) is 25.7 Å². The topological polar surface area (TPSA) is 67.4 Å². The summed E-state index contributed by atoms with van der Waals surface area (Å²) in [5, 5.41) is 5.18. The van der Waals surface area contributed by atoms with Crippen LogP contribution in [0.25, 0.3) is 0 Å². The van der Waals surface area contributed by atoms with E-state index in [4.69, 9.17) is 0 Å². The lowest BCUT2D eigenvalue weighted by Gasteiger charge is -2.24. The number of hydrogen-bond donors (Lipinski definition) is 2. The fourth-order valence-electron chi connectivity index (χ4n) is 1.67. The molecule has 0 fully saturated rings. The number of rotatable bonds is 5. The van der Waals surface area contributed by atoms with Crippen LogP contribution in [0.1, 0.15) is 32.6 Å². The molecule has 0 spiro atoms. The lowest BCUT2D eigenvalue weighted by molar-refractivity contribution is -0.136. The molecule has 1 rings (SSSR count). The maximum atomic E-state index is 11.4. The van der Waals surface area contributed by atoms with Crippen LogP contribution in [-0.4, -0.2) is 25.2 Å². The number of unbranched alkanes of at least 4 members (excludes halogenated alkanes) is 2. The molecule has 16 heavy (non-hydrogen) atoms. The van der Waals surface area contributed by atoms with E-state index in [-0.39, 0.29) is 12.1 Å². The average Bonchev–Trinajstić information content (AvgIpc) is 2.29. The van der Waals surface area contributed by atoms with E-state index in [1.165, 1.54) is 13.3 Å². The second-order valence-corrected chi connectivity index (χ2v) is 3.76. The molecule has 0 aliphatic carbocycles. The number of methoxy groups -OCH3 is 1. The molecule has 1 atom stereocenters. The largest absolute Gasteiger partial charge is 0.466 e. The molecule has 0 bridgehead atoms. The normalized spacial score (nSPS) is 19.5. The number of nitrogens with one attached hydrogen (secondary N) is 2. The van der Waals surface area contributed by atoms with Gasteiger partial charge in [0.05, 0.1) is 18.7 Å². The summed E-state index contributed by atoms with van der Waals surface area (Å²) >= 11 is 0. The van der Waals surface area contributed by atoms with Gasteiger partial charge in [-0.15, -0.1) is 0 Å². The Labute approximate surface area is 95.2 Å². The van der Waals surface area contributed by atoms with Crippen LogP contribution in [0.5, 0.6) is 0 Å². The summed E-state index contributed by atoms with van der Waals surface area (Å²) in [6, 6.07) is -0.498. The molecule has 2 amide bonds. The van der Waals surface area contributed by atoms with Gasteiger partial charge in [0, 0.05) is 6.20 Å². The summed E-state index contributed by atoms with van der Waals surface area (Å²) < 4.78 is 4.66. The highest BCUT2D eigenvalue weighted by molar-refractivity contribution is 5.93. The molecule has 5 heteroatoms. The molecule has 1 aliphatic rings. The van der Waals surface area contributed by atoms with Crippen molar-refractivity contribution in [3.63, 3.8) is 0 Å². The highest BCUT2D eigenvalue weighted by Gasteiger charge is 2.26. The van der Waals surface area contributed by atoms with E-state index in [9.17, 15) is 9.59 Å². The lowest BCUT2D eigenvalue weighted by atomic mass is 10.0. The number of esters is 1. The molecule has 0 radical (unpaired) electrons. The third-order valence-electron chi connectivity index (χ3n) is 2.56. The number of hydrogen-bond acceptors (Lipinski definition) is 3. The predicted molar refractivity (Wildman–Crippen MR) is 59.7 cm³/mol. The van der Waals surface area contributed by atoms with Gasteiger partial charge in [-0.05, 0) is 6.42 Å². The molecule has 0 aromatic rings. The predicted octanol–water partition coefficient (Wildman–Crippen LogP) is 1.30. The molecular formula is C11H18N2O3. The fraction of sp³-hybridized carbons (Fsp3) is 0.636. The summed E-state index contributed by atoms with van der Waals surface area (Å²) in [7, 11) is 1.34. The van der Waals surface area contributed by atoms with Crippen molar-refractivity contribution in [1.29, 1.82) is 0 Å². The Balaban J connectivity index is 2.62. The van der Waals surface area contributed by atoms with E-state index in [1.807, 2.05) is 0 Å². The summed E-state index contributed by atoms with van der Waals surface area (Å²) in [4.78, 5) is 22.6. The molecule has 90 valence electrons. The maximum absolute atomic E-state index is 11.4. The molecular weight excluding hydrogens is 208 g/mol. The smallest absolute Gasteiger partial charge is 0.337 e.